The Kier molecular flexibility index (Phi) is 4.58. The summed E-state index contributed by atoms with van der Waals surface area (Å²) in [5.41, 5.74) is -0.239. The van der Waals surface area contributed by atoms with Gasteiger partial charge in [0.1, 0.15) is 0 Å². The van der Waals surface area contributed by atoms with Crippen molar-refractivity contribution in [2.45, 2.75) is 12.8 Å². The van der Waals surface area contributed by atoms with E-state index in [1.54, 1.807) is 0 Å². The lowest BCUT2D eigenvalue weighted by atomic mass is 9.98. The molecule has 0 radical (unpaired) electrons. The number of carbonyl (C=O) groups excluding carboxylic acids is 1. The van der Waals surface area contributed by atoms with Crippen molar-refractivity contribution in [2.75, 3.05) is 24.7 Å². The van der Waals surface area contributed by atoms with Crippen LogP contribution in [-0.2, 0) is 14.8 Å². The molecule has 1 aliphatic heterocycles. The summed E-state index contributed by atoms with van der Waals surface area (Å²) < 4.78 is 50.8. The molecular formula is C13H16F2N2O3S. The summed E-state index contributed by atoms with van der Waals surface area (Å²) in [6, 6.07) is 3.50. The van der Waals surface area contributed by atoms with Crippen LogP contribution in [0.4, 0.5) is 14.5 Å². The molecule has 5 nitrogen and oxygen atoms in total. The van der Waals surface area contributed by atoms with Crippen LogP contribution in [-0.4, -0.2) is 38.0 Å². The van der Waals surface area contributed by atoms with Crippen molar-refractivity contribution >= 4 is 21.6 Å². The van der Waals surface area contributed by atoms with Gasteiger partial charge < -0.3 is 5.32 Å². The molecule has 2 rings (SSSR count). The normalized spacial score (nSPS) is 20.2. The molecule has 1 aromatic rings. The summed E-state index contributed by atoms with van der Waals surface area (Å²) in [5.74, 6) is -3.25. The molecule has 0 saturated carbocycles. The van der Waals surface area contributed by atoms with Crippen molar-refractivity contribution in [3.05, 3.63) is 29.8 Å². The van der Waals surface area contributed by atoms with Gasteiger partial charge in [0.05, 0.1) is 17.9 Å². The summed E-state index contributed by atoms with van der Waals surface area (Å²) in [5, 5.41) is 2.32. The molecular weight excluding hydrogens is 302 g/mol. The first-order valence-electron chi connectivity index (χ1n) is 6.49. The fourth-order valence-electron chi connectivity index (χ4n) is 2.29. The van der Waals surface area contributed by atoms with Crippen LogP contribution in [0.25, 0.3) is 0 Å². The number of piperidine rings is 1. The molecule has 1 N–H and O–H groups in total. The minimum atomic E-state index is -3.36. The molecule has 116 valence electrons. The Hall–Kier alpha value is -1.54. The number of benzene rings is 1. The van der Waals surface area contributed by atoms with Gasteiger partial charge in [-0.3, -0.25) is 4.79 Å². The molecule has 0 bridgehead atoms. The molecule has 21 heavy (non-hydrogen) atoms. The minimum absolute atomic E-state index is 0.0571. The second-order valence-corrected chi connectivity index (χ2v) is 7.03. The number of carbonyl (C=O) groups is 1. The topological polar surface area (TPSA) is 66.5 Å². The highest BCUT2D eigenvalue weighted by Gasteiger charge is 2.30. The number of sulfonamides is 1. The van der Waals surface area contributed by atoms with E-state index in [9.17, 15) is 22.0 Å². The first-order valence-corrected chi connectivity index (χ1v) is 8.34. The maximum atomic E-state index is 13.5. The summed E-state index contributed by atoms with van der Waals surface area (Å²) in [6.45, 7) is 0.429. The van der Waals surface area contributed by atoms with E-state index in [1.807, 2.05) is 0 Å². The molecule has 1 amide bonds. The van der Waals surface area contributed by atoms with Gasteiger partial charge in [-0.1, -0.05) is 6.07 Å². The SMILES string of the molecule is CS(=O)(=O)N1CCCC(C(=O)Nc2cccc(F)c2F)C1. The summed E-state index contributed by atoms with van der Waals surface area (Å²) >= 11 is 0. The monoisotopic (exact) mass is 318 g/mol. The fourth-order valence-corrected chi connectivity index (χ4v) is 3.20. The van der Waals surface area contributed by atoms with Gasteiger partial charge in [0, 0.05) is 13.1 Å². The second kappa shape index (κ2) is 6.07. The Morgan fingerprint density at radius 1 is 1.38 bits per heavy atom. The van der Waals surface area contributed by atoms with E-state index >= 15 is 0 Å². The number of amides is 1. The Morgan fingerprint density at radius 3 is 2.76 bits per heavy atom. The van der Waals surface area contributed by atoms with Crippen LogP contribution in [0.2, 0.25) is 0 Å². The van der Waals surface area contributed by atoms with Crippen molar-refractivity contribution < 1.29 is 22.0 Å². The Morgan fingerprint density at radius 2 is 2.10 bits per heavy atom. The first kappa shape index (κ1) is 15.8. The van der Waals surface area contributed by atoms with E-state index < -0.39 is 33.5 Å². The van der Waals surface area contributed by atoms with Crippen LogP contribution < -0.4 is 5.32 Å². The highest BCUT2D eigenvalue weighted by molar-refractivity contribution is 7.88. The Bertz CT molecular complexity index is 649. The van der Waals surface area contributed by atoms with E-state index in [0.29, 0.717) is 19.4 Å². The Labute approximate surface area is 122 Å². The summed E-state index contributed by atoms with van der Waals surface area (Å²) in [7, 11) is -3.36. The molecule has 1 fully saturated rings. The predicted octanol–water partition coefficient (Wildman–Crippen LogP) is 1.57. The maximum Gasteiger partial charge on any atom is 0.228 e. The minimum Gasteiger partial charge on any atom is -0.323 e. The van der Waals surface area contributed by atoms with E-state index in [4.69, 9.17) is 0 Å². The van der Waals surface area contributed by atoms with Gasteiger partial charge in [-0.15, -0.1) is 0 Å². The maximum absolute atomic E-state index is 13.5. The van der Waals surface area contributed by atoms with Crippen molar-refractivity contribution in [3.63, 3.8) is 0 Å². The smallest absolute Gasteiger partial charge is 0.228 e. The number of rotatable bonds is 3. The van der Waals surface area contributed by atoms with Crippen molar-refractivity contribution in [3.8, 4) is 0 Å². The molecule has 0 spiro atoms. The van der Waals surface area contributed by atoms with E-state index in [2.05, 4.69) is 5.32 Å². The highest BCUT2D eigenvalue weighted by Crippen LogP contribution is 2.22. The number of nitrogens with one attached hydrogen (secondary N) is 1. The zero-order valence-electron chi connectivity index (χ0n) is 11.5. The molecule has 8 heteroatoms. The lowest BCUT2D eigenvalue weighted by Crippen LogP contribution is -2.43. The molecule has 1 heterocycles. The second-order valence-electron chi connectivity index (χ2n) is 5.05. The number of halogens is 2. The Balaban J connectivity index is 2.08. The van der Waals surface area contributed by atoms with Gasteiger partial charge in [0.2, 0.25) is 15.9 Å². The summed E-state index contributed by atoms with van der Waals surface area (Å²) in [6.07, 6.45) is 2.14. The number of anilines is 1. The van der Waals surface area contributed by atoms with Crippen LogP contribution >= 0.6 is 0 Å². The van der Waals surface area contributed by atoms with Crippen LogP contribution in [0.15, 0.2) is 18.2 Å². The zero-order chi connectivity index (χ0) is 15.6. The quantitative estimate of drug-likeness (QED) is 0.920. The molecule has 1 unspecified atom stereocenters. The third-order valence-electron chi connectivity index (χ3n) is 3.43. The van der Waals surface area contributed by atoms with Crippen molar-refractivity contribution in [1.82, 2.24) is 4.31 Å². The predicted molar refractivity (Wildman–Crippen MR) is 74.1 cm³/mol. The lowest BCUT2D eigenvalue weighted by Gasteiger charge is -2.30. The third kappa shape index (κ3) is 3.76. The van der Waals surface area contributed by atoms with Gasteiger partial charge >= 0.3 is 0 Å². The van der Waals surface area contributed by atoms with Gasteiger partial charge in [-0.25, -0.2) is 21.5 Å². The largest absolute Gasteiger partial charge is 0.323 e. The van der Waals surface area contributed by atoms with E-state index in [1.165, 1.54) is 16.4 Å². The zero-order valence-corrected chi connectivity index (χ0v) is 12.3. The number of hydrogen-bond acceptors (Lipinski definition) is 3. The molecule has 0 aliphatic carbocycles. The highest BCUT2D eigenvalue weighted by atomic mass is 32.2. The third-order valence-corrected chi connectivity index (χ3v) is 4.70. The van der Waals surface area contributed by atoms with E-state index in [-0.39, 0.29) is 12.2 Å². The average Bonchev–Trinajstić information content (AvgIpc) is 2.43. The van der Waals surface area contributed by atoms with Gasteiger partial charge in [-0.2, -0.15) is 0 Å². The number of hydrogen-bond donors (Lipinski definition) is 1. The van der Waals surface area contributed by atoms with Gasteiger partial charge in [0.25, 0.3) is 0 Å². The molecule has 1 aromatic carbocycles. The fraction of sp³-hybridized carbons (Fsp3) is 0.462. The molecule has 0 aromatic heterocycles. The van der Waals surface area contributed by atoms with Gasteiger partial charge in [-0.05, 0) is 25.0 Å². The summed E-state index contributed by atoms with van der Waals surface area (Å²) in [4.78, 5) is 12.1. The van der Waals surface area contributed by atoms with Crippen molar-refractivity contribution in [2.24, 2.45) is 5.92 Å². The number of nitrogens with zero attached hydrogens (tertiary/aromatic N) is 1. The molecule has 1 aliphatic rings. The first-order chi connectivity index (χ1) is 9.79. The van der Waals surface area contributed by atoms with Crippen LogP contribution in [0.5, 0.6) is 0 Å². The standard InChI is InChI=1S/C13H16F2N2O3S/c1-21(19,20)17-7-3-4-9(8-17)13(18)16-11-6-2-5-10(14)12(11)15/h2,5-6,9H,3-4,7-8H2,1H3,(H,16,18). The van der Waals surface area contributed by atoms with Gasteiger partial charge in [0.15, 0.2) is 11.6 Å². The average molecular weight is 318 g/mol. The molecule has 1 saturated heterocycles. The van der Waals surface area contributed by atoms with Crippen LogP contribution in [0.3, 0.4) is 0 Å². The van der Waals surface area contributed by atoms with Crippen LogP contribution in [0.1, 0.15) is 12.8 Å². The van der Waals surface area contributed by atoms with Crippen LogP contribution in [0, 0.1) is 17.6 Å². The van der Waals surface area contributed by atoms with Crippen molar-refractivity contribution in [1.29, 1.82) is 0 Å². The molecule has 1 atom stereocenters. The van der Waals surface area contributed by atoms with E-state index in [0.717, 1.165) is 12.3 Å². The lowest BCUT2D eigenvalue weighted by molar-refractivity contribution is -0.120.